The Bertz CT molecular complexity index is 565. The van der Waals surface area contributed by atoms with Crippen molar-refractivity contribution in [2.24, 2.45) is 0 Å². The van der Waals surface area contributed by atoms with Crippen LogP contribution >= 0.6 is 0 Å². The van der Waals surface area contributed by atoms with E-state index in [1.54, 1.807) is 11.9 Å². The largest absolute Gasteiger partial charge is 0.414 e. The molecule has 0 radical (unpaired) electrons. The average molecular weight is 344 g/mol. The number of nitrogens with zero attached hydrogens (tertiary/aromatic N) is 2. The molecule has 0 aromatic heterocycles. The minimum Gasteiger partial charge on any atom is -0.410 e. The second-order valence-corrected chi connectivity index (χ2v) is 6.67. The smallest absolute Gasteiger partial charge is 0.410 e. The van der Waals surface area contributed by atoms with E-state index < -0.39 is 0 Å². The second-order valence-electron chi connectivity index (χ2n) is 6.67. The summed E-state index contributed by atoms with van der Waals surface area (Å²) in [7, 11) is 3.80. The molecular formula is C21H32N2O2. The van der Waals surface area contributed by atoms with E-state index in [0.29, 0.717) is 18.3 Å². The molecule has 138 valence electrons. The standard InChI is InChI=1S/C21H32N2O2/c1-6-8-9-10-15-23(5)21(24)25-20-13-11-12-19(17-20)16-18(3)22(4)14-7-2/h2,11-13,17-18H,6,8-10,14-16H2,1,3-5H3/t18-/m0/s1. The van der Waals surface area contributed by atoms with Crippen molar-refractivity contribution in [3.8, 4) is 18.1 Å². The normalized spacial score (nSPS) is 11.8. The Morgan fingerprint density at radius 2 is 2.04 bits per heavy atom. The Labute approximate surface area is 153 Å². The van der Waals surface area contributed by atoms with Crippen LogP contribution in [0.5, 0.6) is 5.75 Å². The summed E-state index contributed by atoms with van der Waals surface area (Å²) in [5.74, 6) is 3.25. The minimum absolute atomic E-state index is 0.300. The summed E-state index contributed by atoms with van der Waals surface area (Å²) in [6.07, 6.45) is 10.5. The van der Waals surface area contributed by atoms with Crippen LogP contribution in [-0.2, 0) is 6.42 Å². The number of unbranched alkanes of at least 4 members (excludes halogenated alkanes) is 3. The number of terminal acetylenes is 1. The van der Waals surface area contributed by atoms with E-state index in [4.69, 9.17) is 11.2 Å². The first kappa shape index (κ1) is 21.1. The minimum atomic E-state index is -0.300. The molecule has 0 aliphatic heterocycles. The molecule has 25 heavy (non-hydrogen) atoms. The second kappa shape index (κ2) is 11.5. The lowest BCUT2D eigenvalue weighted by Gasteiger charge is -2.22. The molecule has 4 heteroatoms. The molecule has 0 saturated carbocycles. The molecule has 0 saturated heterocycles. The van der Waals surface area contributed by atoms with Gasteiger partial charge in [0, 0.05) is 19.6 Å². The molecule has 0 bridgehead atoms. The first-order valence-corrected chi connectivity index (χ1v) is 9.13. The summed E-state index contributed by atoms with van der Waals surface area (Å²) in [5.41, 5.74) is 1.13. The third kappa shape index (κ3) is 8.09. The number of carbonyl (C=O) groups excluding carboxylic acids is 1. The number of amides is 1. The fraction of sp³-hybridized carbons (Fsp3) is 0.571. The highest BCUT2D eigenvalue weighted by atomic mass is 16.6. The highest BCUT2D eigenvalue weighted by Crippen LogP contribution is 2.17. The Morgan fingerprint density at radius 3 is 2.72 bits per heavy atom. The molecule has 1 amide bonds. The SMILES string of the molecule is C#CCN(C)[C@@H](C)Cc1cccc(OC(=O)N(C)CCCCCC)c1. The molecule has 0 heterocycles. The van der Waals surface area contributed by atoms with Gasteiger partial charge in [-0.05, 0) is 44.5 Å². The highest BCUT2D eigenvalue weighted by Gasteiger charge is 2.13. The van der Waals surface area contributed by atoms with E-state index in [1.165, 1.54) is 12.8 Å². The zero-order chi connectivity index (χ0) is 18.7. The van der Waals surface area contributed by atoms with Crippen LogP contribution < -0.4 is 4.74 Å². The van der Waals surface area contributed by atoms with Crippen molar-refractivity contribution in [3.63, 3.8) is 0 Å². The summed E-state index contributed by atoms with van der Waals surface area (Å²) < 4.78 is 5.50. The maximum Gasteiger partial charge on any atom is 0.414 e. The third-order valence-electron chi connectivity index (χ3n) is 4.39. The lowest BCUT2D eigenvalue weighted by molar-refractivity contribution is 0.162. The molecule has 1 rings (SSSR count). The number of hydrogen-bond donors (Lipinski definition) is 0. The van der Waals surface area contributed by atoms with Crippen LogP contribution in [0.4, 0.5) is 4.79 Å². The van der Waals surface area contributed by atoms with Crippen LogP contribution in [0.3, 0.4) is 0 Å². The van der Waals surface area contributed by atoms with Gasteiger partial charge in [0.15, 0.2) is 0 Å². The van der Waals surface area contributed by atoms with Gasteiger partial charge in [0.1, 0.15) is 5.75 Å². The quantitative estimate of drug-likeness (QED) is 0.471. The highest BCUT2D eigenvalue weighted by molar-refractivity contribution is 5.70. The van der Waals surface area contributed by atoms with Crippen molar-refractivity contribution >= 4 is 6.09 Å². The number of rotatable bonds is 10. The van der Waals surface area contributed by atoms with E-state index >= 15 is 0 Å². The van der Waals surface area contributed by atoms with Crippen LogP contribution in [0, 0.1) is 12.3 Å². The van der Waals surface area contributed by atoms with Crippen molar-refractivity contribution in [1.29, 1.82) is 0 Å². The van der Waals surface area contributed by atoms with E-state index in [-0.39, 0.29) is 6.09 Å². The summed E-state index contributed by atoms with van der Waals surface area (Å²) in [4.78, 5) is 15.9. The third-order valence-corrected chi connectivity index (χ3v) is 4.39. The van der Waals surface area contributed by atoms with Gasteiger partial charge in [-0.1, -0.05) is 44.2 Å². The summed E-state index contributed by atoms with van der Waals surface area (Å²) in [5, 5.41) is 0. The van der Waals surface area contributed by atoms with Gasteiger partial charge in [0.05, 0.1) is 6.54 Å². The van der Waals surface area contributed by atoms with Gasteiger partial charge < -0.3 is 9.64 Å². The number of hydrogen-bond acceptors (Lipinski definition) is 3. The lowest BCUT2D eigenvalue weighted by Crippen LogP contribution is -2.31. The van der Waals surface area contributed by atoms with Crippen LogP contribution in [0.1, 0.15) is 45.1 Å². The molecule has 0 spiro atoms. The van der Waals surface area contributed by atoms with E-state index in [2.05, 4.69) is 24.7 Å². The molecule has 0 fully saturated rings. The van der Waals surface area contributed by atoms with E-state index in [0.717, 1.165) is 31.4 Å². The predicted molar refractivity (Wildman–Crippen MR) is 104 cm³/mol. The Balaban J connectivity index is 2.54. The summed E-state index contributed by atoms with van der Waals surface area (Å²) >= 11 is 0. The first-order chi connectivity index (χ1) is 12.0. The van der Waals surface area contributed by atoms with Crippen LogP contribution in [0.2, 0.25) is 0 Å². The maximum atomic E-state index is 12.2. The molecule has 0 aliphatic rings. The molecule has 0 aliphatic carbocycles. The van der Waals surface area contributed by atoms with Crippen molar-refractivity contribution < 1.29 is 9.53 Å². The molecule has 1 aromatic rings. The summed E-state index contributed by atoms with van der Waals surface area (Å²) in [6.45, 7) is 5.67. The van der Waals surface area contributed by atoms with Crippen molar-refractivity contribution in [2.45, 2.75) is 52.0 Å². The number of carbonyl (C=O) groups is 1. The van der Waals surface area contributed by atoms with Gasteiger partial charge in [-0.3, -0.25) is 4.90 Å². The molecule has 4 nitrogen and oxygen atoms in total. The van der Waals surface area contributed by atoms with Gasteiger partial charge >= 0.3 is 6.09 Å². The molecular weight excluding hydrogens is 312 g/mol. The van der Waals surface area contributed by atoms with Gasteiger partial charge in [0.2, 0.25) is 0 Å². The Kier molecular flexibility index (Phi) is 9.72. The summed E-state index contributed by atoms with van der Waals surface area (Å²) in [6, 6.07) is 8.05. The molecule has 0 N–H and O–H groups in total. The topological polar surface area (TPSA) is 32.8 Å². The van der Waals surface area contributed by atoms with Gasteiger partial charge in [-0.15, -0.1) is 6.42 Å². The lowest BCUT2D eigenvalue weighted by atomic mass is 10.1. The molecule has 1 atom stereocenters. The van der Waals surface area contributed by atoms with Crippen molar-refractivity contribution in [2.75, 3.05) is 27.2 Å². The molecule has 0 unspecified atom stereocenters. The van der Waals surface area contributed by atoms with E-state index in [1.807, 2.05) is 31.3 Å². The van der Waals surface area contributed by atoms with Crippen molar-refractivity contribution in [3.05, 3.63) is 29.8 Å². The zero-order valence-corrected chi connectivity index (χ0v) is 16.1. The van der Waals surface area contributed by atoms with Crippen LogP contribution in [0.15, 0.2) is 24.3 Å². The fourth-order valence-corrected chi connectivity index (χ4v) is 2.58. The predicted octanol–water partition coefficient (Wildman–Crippen LogP) is 4.19. The van der Waals surface area contributed by atoms with Crippen LogP contribution in [0.25, 0.3) is 0 Å². The average Bonchev–Trinajstić information content (AvgIpc) is 2.59. The van der Waals surface area contributed by atoms with Gasteiger partial charge in [-0.2, -0.15) is 0 Å². The zero-order valence-electron chi connectivity index (χ0n) is 16.1. The van der Waals surface area contributed by atoms with Gasteiger partial charge in [-0.25, -0.2) is 4.79 Å². The Morgan fingerprint density at radius 1 is 1.28 bits per heavy atom. The molecule has 1 aromatic carbocycles. The Hall–Kier alpha value is -1.99. The fourth-order valence-electron chi connectivity index (χ4n) is 2.58. The first-order valence-electron chi connectivity index (χ1n) is 9.13. The number of likely N-dealkylation sites (N-methyl/N-ethyl adjacent to an activating group) is 1. The number of benzene rings is 1. The van der Waals surface area contributed by atoms with E-state index in [9.17, 15) is 4.79 Å². The maximum absolute atomic E-state index is 12.2. The van der Waals surface area contributed by atoms with Crippen LogP contribution in [-0.4, -0.2) is 49.1 Å². The van der Waals surface area contributed by atoms with Crippen molar-refractivity contribution in [1.82, 2.24) is 9.80 Å². The van der Waals surface area contributed by atoms with Gasteiger partial charge in [0.25, 0.3) is 0 Å². The monoisotopic (exact) mass is 344 g/mol. The number of ether oxygens (including phenoxy) is 1.